The van der Waals surface area contributed by atoms with E-state index in [1.165, 1.54) is 13.8 Å². The summed E-state index contributed by atoms with van der Waals surface area (Å²) in [4.78, 5) is 34.7. The lowest BCUT2D eigenvalue weighted by molar-refractivity contribution is -0.144. The maximum Gasteiger partial charge on any atom is 0.302 e. The van der Waals surface area contributed by atoms with Crippen molar-refractivity contribution >= 4 is 41.0 Å². The molecule has 25 heavy (non-hydrogen) atoms. The molecule has 0 saturated heterocycles. The summed E-state index contributed by atoms with van der Waals surface area (Å²) in [5, 5.41) is 0.243. The molecule has 1 aromatic heterocycles. The van der Waals surface area contributed by atoms with Gasteiger partial charge in [-0.05, 0) is 6.42 Å². The van der Waals surface area contributed by atoms with E-state index in [1.807, 2.05) is 16.8 Å². The van der Waals surface area contributed by atoms with Crippen LogP contribution in [-0.4, -0.2) is 54.4 Å². The van der Waals surface area contributed by atoms with Crippen LogP contribution in [0.25, 0.3) is 0 Å². The van der Waals surface area contributed by atoms with Crippen molar-refractivity contribution in [3.63, 3.8) is 0 Å². The first-order chi connectivity index (χ1) is 11.7. The molecule has 0 aromatic carbocycles. The Labute approximate surface area is 150 Å². The predicted octanol–water partition coefficient (Wildman–Crippen LogP) is 0.811. The summed E-state index contributed by atoms with van der Waals surface area (Å²) < 4.78 is 10.4. The number of carbonyl (C=O) groups is 2. The molecule has 136 valence electrons. The summed E-state index contributed by atoms with van der Waals surface area (Å²) in [6.07, 6.45) is 0.696. The zero-order valence-corrected chi connectivity index (χ0v) is 15.0. The third kappa shape index (κ3) is 3.15. The third-order valence-corrected chi connectivity index (χ3v) is 4.84. The van der Waals surface area contributed by atoms with E-state index in [0.717, 1.165) is 0 Å². The van der Waals surface area contributed by atoms with Gasteiger partial charge >= 0.3 is 11.9 Å². The van der Waals surface area contributed by atoms with Crippen LogP contribution in [0.4, 0.5) is 17.5 Å². The Morgan fingerprint density at radius 3 is 2.64 bits per heavy atom. The minimum atomic E-state index is -0.510. The van der Waals surface area contributed by atoms with Crippen molar-refractivity contribution < 1.29 is 19.1 Å². The highest BCUT2D eigenvalue weighted by molar-refractivity contribution is 6.33. The van der Waals surface area contributed by atoms with Crippen molar-refractivity contribution in [3.05, 3.63) is 5.15 Å². The third-order valence-electron chi connectivity index (χ3n) is 4.58. The molecule has 0 bridgehead atoms. The molecule has 1 aromatic rings. The molecule has 2 aliphatic rings. The number of hydrogen-bond donors (Lipinski definition) is 1. The molecular weight excluding hydrogens is 350 g/mol. The van der Waals surface area contributed by atoms with E-state index in [-0.39, 0.29) is 42.2 Å². The van der Waals surface area contributed by atoms with Gasteiger partial charge in [0.15, 0.2) is 11.0 Å². The molecule has 1 aliphatic heterocycles. The van der Waals surface area contributed by atoms with Crippen molar-refractivity contribution in [2.24, 2.45) is 5.92 Å². The molecule has 0 amide bonds. The highest BCUT2D eigenvalue weighted by atomic mass is 35.5. The van der Waals surface area contributed by atoms with Crippen LogP contribution >= 0.6 is 11.6 Å². The van der Waals surface area contributed by atoms with Crippen LogP contribution in [0, 0.1) is 5.92 Å². The fourth-order valence-corrected chi connectivity index (χ4v) is 3.53. The van der Waals surface area contributed by atoms with E-state index in [1.54, 1.807) is 0 Å². The van der Waals surface area contributed by atoms with Gasteiger partial charge in [-0.15, -0.1) is 0 Å². The number of halogens is 1. The molecular formula is C15H20ClN5O4. The van der Waals surface area contributed by atoms with Gasteiger partial charge in [-0.3, -0.25) is 9.59 Å². The number of nitrogens with two attached hydrogens (primary N) is 1. The van der Waals surface area contributed by atoms with Crippen LogP contribution in [0.2, 0.25) is 5.15 Å². The zero-order chi connectivity index (χ0) is 18.4. The minimum absolute atomic E-state index is 0.0173. The maximum absolute atomic E-state index is 11.3. The average Bonchev–Trinajstić information content (AvgIpc) is 3.13. The summed E-state index contributed by atoms with van der Waals surface area (Å²) in [5.41, 5.74) is 5.83. The maximum atomic E-state index is 11.3. The second-order valence-corrected chi connectivity index (χ2v) is 6.76. The first-order valence-electron chi connectivity index (χ1n) is 7.83. The van der Waals surface area contributed by atoms with Gasteiger partial charge in [0.05, 0.1) is 18.8 Å². The molecule has 10 heteroatoms. The number of ether oxygens (including phenoxy) is 2. The molecule has 1 saturated carbocycles. The minimum Gasteiger partial charge on any atom is -0.465 e. The summed E-state index contributed by atoms with van der Waals surface area (Å²) >= 11 is 6.31. The van der Waals surface area contributed by atoms with Gasteiger partial charge in [-0.25, -0.2) is 0 Å². The van der Waals surface area contributed by atoms with Gasteiger partial charge in [-0.2, -0.15) is 9.97 Å². The number of hydrogen-bond acceptors (Lipinski definition) is 9. The predicted molar refractivity (Wildman–Crippen MR) is 91.3 cm³/mol. The topological polar surface area (TPSA) is 111 Å². The van der Waals surface area contributed by atoms with Crippen molar-refractivity contribution in [3.8, 4) is 0 Å². The lowest BCUT2D eigenvalue weighted by atomic mass is 10.2. The van der Waals surface area contributed by atoms with Gasteiger partial charge in [0.1, 0.15) is 12.3 Å². The quantitative estimate of drug-likeness (QED) is 0.595. The molecule has 1 aliphatic carbocycles. The Bertz CT molecular complexity index is 730. The number of fused-ring (bicyclic) bond motifs is 1. The molecule has 2 unspecified atom stereocenters. The number of nitrogens with zero attached hydrogens (tertiary/aromatic N) is 4. The Morgan fingerprint density at radius 1 is 1.32 bits per heavy atom. The molecule has 2 atom stereocenters. The number of aromatic nitrogens is 2. The fraction of sp³-hybridized carbons (Fsp3) is 0.600. The summed E-state index contributed by atoms with van der Waals surface area (Å²) in [5.74, 6) is 0.0200. The lowest BCUT2D eigenvalue weighted by Crippen LogP contribution is -2.45. The highest BCUT2D eigenvalue weighted by Crippen LogP contribution is 2.55. The van der Waals surface area contributed by atoms with Crippen LogP contribution in [0.3, 0.4) is 0 Å². The monoisotopic (exact) mass is 369 g/mol. The normalized spacial score (nSPS) is 24.1. The van der Waals surface area contributed by atoms with E-state index >= 15 is 0 Å². The zero-order valence-electron chi connectivity index (χ0n) is 14.3. The summed E-state index contributed by atoms with van der Waals surface area (Å²) in [7, 11) is 1.87. The number of nitrogen functional groups attached to an aromatic ring is 1. The molecule has 3 rings (SSSR count). The smallest absolute Gasteiger partial charge is 0.302 e. The summed E-state index contributed by atoms with van der Waals surface area (Å²) in [6, 6.07) is 0. The van der Waals surface area contributed by atoms with Gasteiger partial charge in [0.25, 0.3) is 0 Å². The van der Waals surface area contributed by atoms with E-state index in [4.69, 9.17) is 26.8 Å². The number of carbonyl (C=O) groups excluding carboxylic acids is 2. The Hall–Kier alpha value is -2.29. The standard InChI is InChI=1S/C15H20ClN5O4/c1-8(22)24-5-10-4-15(10,6-25-9(2)23)21-7-20(3)13-11(21)12(16)18-14(17)19-13/h10H,4-7H2,1-3H3,(H2,17,18,19). The van der Waals surface area contributed by atoms with Crippen molar-refractivity contribution in [2.75, 3.05) is 42.5 Å². The van der Waals surface area contributed by atoms with E-state index < -0.39 is 5.54 Å². The first-order valence-corrected chi connectivity index (χ1v) is 8.21. The second kappa shape index (κ2) is 6.21. The number of anilines is 3. The Morgan fingerprint density at radius 2 is 2.00 bits per heavy atom. The molecule has 0 radical (unpaired) electrons. The lowest BCUT2D eigenvalue weighted by Gasteiger charge is -2.31. The summed E-state index contributed by atoms with van der Waals surface area (Å²) in [6.45, 7) is 3.63. The van der Waals surface area contributed by atoms with Crippen molar-refractivity contribution in [1.82, 2.24) is 9.97 Å². The Balaban J connectivity index is 1.91. The largest absolute Gasteiger partial charge is 0.465 e. The molecule has 2 N–H and O–H groups in total. The second-order valence-electron chi connectivity index (χ2n) is 6.40. The highest BCUT2D eigenvalue weighted by Gasteiger charge is 2.62. The SMILES string of the molecule is CC(=O)OCC1CC1(COC(C)=O)N1CN(C)c2nc(N)nc(Cl)c21. The fourth-order valence-electron chi connectivity index (χ4n) is 3.26. The molecule has 2 heterocycles. The van der Waals surface area contributed by atoms with Crippen LogP contribution in [-0.2, 0) is 19.1 Å². The van der Waals surface area contributed by atoms with Crippen LogP contribution in [0.5, 0.6) is 0 Å². The van der Waals surface area contributed by atoms with E-state index in [2.05, 4.69) is 9.97 Å². The van der Waals surface area contributed by atoms with Crippen molar-refractivity contribution in [2.45, 2.75) is 25.8 Å². The van der Waals surface area contributed by atoms with E-state index in [0.29, 0.717) is 24.6 Å². The van der Waals surface area contributed by atoms with E-state index in [9.17, 15) is 9.59 Å². The van der Waals surface area contributed by atoms with Crippen molar-refractivity contribution in [1.29, 1.82) is 0 Å². The van der Waals surface area contributed by atoms with Crippen LogP contribution in [0.15, 0.2) is 0 Å². The number of esters is 2. The Kier molecular flexibility index (Phi) is 4.36. The molecule has 1 fully saturated rings. The van der Waals surface area contributed by atoms with Crippen LogP contribution in [0.1, 0.15) is 20.3 Å². The first kappa shape index (κ1) is 17.5. The number of rotatable bonds is 5. The molecule has 0 spiro atoms. The van der Waals surface area contributed by atoms with Gasteiger partial charge < -0.3 is 25.0 Å². The van der Waals surface area contributed by atoms with Gasteiger partial charge in [-0.1, -0.05) is 11.6 Å². The average molecular weight is 370 g/mol. The van der Waals surface area contributed by atoms with Crippen LogP contribution < -0.4 is 15.5 Å². The molecule has 9 nitrogen and oxygen atoms in total. The van der Waals surface area contributed by atoms with Gasteiger partial charge in [0, 0.05) is 26.8 Å². The van der Waals surface area contributed by atoms with Gasteiger partial charge in [0.2, 0.25) is 5.95 Å².